The van der Waals surface area contributed by atoms with Gasteiger partial charge in [0.25, 0.3) is 0 Å². The molecule has 1 fully saturated rings. The van der Waals surface area contributed by atoms with Crippen LogP contribution in [0, 0.1) is 11.8 Å². The summed E-state index contributed by atoms with van der Waals surface area (Å²) in [4.78, 5) is 32.2. The van der Waals surface area contributed by atoms with Gasteiger partial charge in [-0.3, -0.25) is 14.6 Å². The highest BCUT2D eigenvalue weighted by Gasteiger charge is 2.53. The summed E-state index contributed by atoms with van der Waals surface area (Å²) < 4.78 is 44.0. The van der Waals surface area contributed by atoms with Crippen molar-refractivity contribution in [2.24, 2.45) is 11.8 Å². The highest BCUT2D eigenvalue weighted by atomic mass is 19.4. The molecule has 0 radical (unpaired) electrons. The Kier molecular flexibility index (Phi) is 5.10. The van der Waals surface area contributed by atoms with Gasteiger partial charge in [0.05, 0.1) is 11.8 Å². The maximum Gasteiger partial charge on any atom is 0.394 e. The highest BCUT2D eigenvalue weighted by molar-refractivity contribution is 5.79. The van der Waals surface area contributed by atoms with Crippen molar-refractivity contribution in [3.05, 3.63) is 30.4 Å². The minimum absolute atomic E-state index is 0.0435. The Morgan fingerprint density at radius 1 is 1.26 bits per heavy atom. The predicted octanol–water partition coefficient (Wildman–Crippen LogP) is 1.79. The van der Waals surface area contributed by atoms with E-state index in [2.05, 4.69) is 15.1 Å². The van der Waals surface area contributed by atoms with Crippen LogP contribution in [-0.2, 0) is 16.0 Å². The minimum Gasteiger partial charge on any atom is -0.481 e. The van der Waals surface area contributed by atoms with Crippen molar-refractivity contribution in [1.82, 2.24) is 20.0 Å². The summed E-state index contributed by atoms with van der Waals surface area (Å²) in [5.74, 6) is -5.40. The van der Waals surface area contributed by atoms with Crippen molar-refractivity contribution >= 4 is 11.9 Å². The van der Waals surface area contributed by atoms with Gasteiger partial charge in [0.1, 0.15) is 0 Å². The number of carboxylic acids is 1. The molecule has 144 valence electrons. The second-order valence-electron chi connectivity index (χ2n) is 6.14. The van der Waals surface area contributed by atoms with Crippen LogP contribution in [0.25, 0.3) is 11.4 Å². The smallest absolute Gasteiger partial charge is 0.394 e. The van der Waals surface area contributed by atoms with Gasteiger partial charge in [0.2, 0.25) is 17.6 Å². The fourth-order valence-electron chi connectivity index (χ4n) is 2.94. The Balaban J connectivity index is 1.60. The van der Waals surface area contributed by atoms with Crippen molar-refractivity contribution < 1.29 is 32.4 Å². The number of amides is 1. The molecule has 0 saturated carbocycles. The maximum atomic E-state index is 13.0. The molecule has 2 atom stereocenters. The zero-order valence-corrected chi connectivity index (χ0v) is 13.9. The highest BCUT2D eigenvalue weighted by Crippen LogP contribution is 2.37. The van der Waals surface area contributed by atoms with Crippen LogP contribution in [0.3, 0.4) is 0 Å². The SMILES string of the molecule is O=C(O)[C@@H]1CN(C(=O)CCc2nc(-c3ccncc3)no2)C[C@H]1C(F)(F)F. The molecule has 1 aliphatic heterocycles. The first-order valence-corrected chi connectivity index (χ1v) is 8.06. The molecule has 0 bridgehead atoms. The molecule has 2 aromatic heterocycles. The van der Waals surface area contributed by atoms with Crippen molar-refractivity contribution in [3.63, 3.8) is 0 Å². The number of nitrogens with zero attached hydrogens (tertiary/aromatic N) is 4. The van der Waals surface area contributed by atoms with E-state index in [1.165, 1.54) is 0 Å². The van der Waals surface area contributed by atoms with Crippen LogP contribution in [0.2, 0.25) is 0 Å². The van der Waals surface area contributed by atoms with E-state index in [0.29, 0.717) is 11.4 Å². The van der Waals surface area contributed by atoms with E-state index < -0.39 is 43.0 Å². The second-order valence-corrected chi connectivity index (χ2v) is 6.14. The lowest BCUT2D eigenvalue weighted by molar-refractivity contribution is -0.188. The molecule has 1 N–H and O–H groups in total. The van der Waals surface area contributed by atoms with E-state index in [1.54, 1.807) is 24.5 Å². The average Bonchev–Trinajstić information content (AvgIpc) is 3.27. The molecular weight excluding hydrogens is 369 g/mol. The molecule has 0 unspecified atom stereocenters. The van der Waals surface area contributed by atoms with Gasteiger partial charge in [-0.15, -0.1) is 0 Å². The molecule has 11 heteroatoms. The predicted molar refractivity (Wildman–Crippen MR) is 83.1 cm³/mol. The second kappa shape index (κ2) is 7.33. The standard InChI is InChI=1S/C16H15F3N4O4/c17-16(18,19)11-8-23(7-10(11)15(25)26)13(24)2-1-12-21-14(22-27-12)9-3-5-20-6-4-9/h3-6,10-11H,1-2,7-8H2,(H,25,26)/t10-,11-/m1/s1. The van der Waals surface area contributed by atoms with Gasteiger partial charge in [0, 0.05) is 43.9 Å². The number of aryl methyl sites for hydroxylation is 1. The molecule has 3 heterocycles. The summed E-state index contributed by atoms with van der Waals surface area (Å²) in [6.07, 6.45) is -1.68. The third-order valence-electron chi connectivity index (χ3n) is 4.37. The lowest BCUT2D eigenvalue weighted by Gasteiger charge is -2.18. The Bertz CT molecular complexity index is 825. The fraction of sp³-hybridized carbons (Fsp3) is 0.438. The minimum atomic E-state index is -4.68. The average molecular weight is 384 g/mol. The van der Waals surface area contributed by atoms with Gasteiger partial charge in [-0.1, -0.05) is 5.16 Å². The number of hydrogen-bond donors (Lipinski definition) is 1. The van der Waals surface area contributed by atoms with E-state index >= 15 is 0 Å². The van der Waals surface area contributed by atoms with Gasteiger partial charge in [0.15, 0.2) is 0 Å². The third kappa shape index (κ3) is 4.23. The zero-order valence-electron chi connectivity index (χ0n) is 13.9. The molecule has 0 aliphatic carbocycles. The van der Waals surface area contributed by atoms with Crippen LogP contribution >= 0.6 is 0 Å². The van der Waals surface area contributed by atoms with Crippen LogP contribution < -0.4 is 0 Å². The lowest BCUT2D eigenvalue weighted by atomic mass is 9.96. The summed E-state index contributed by atoms with van der Waals surface area (Å²) in [6, 6.07) is 3.35. The normalized spacial score (nSPS) is 20.0. The third-order valence-corrected chi connectivity index (χ3v) is 4.37. The number of aliphatic carboxylic acids is 1. The summed E-state index contributed by atoms with van der Waals surface area (Å²) in [5.41, 5.74) is 0.670. The maximum absolute atomic E-state index is 13.0. The molecule has 8 nitrogen and oxygen atoms in total. The van der Waals surface area contributed by atoms with E-state index in [1.807, 2.05) is 0 Å². The number of pyridine rings is 1. The van der Waals surface area contributed by atoms with Gasteiger partial charge < -0.3 is 14.5 Å². The molecule has 1 amide bonds. The number of aromatic nitrogens is 3. The van der Waals surface area contributed by atoms with Crippen LogP contribution in [0.1, 0.15) is 12.3 Å². The molecule has 3 rings (SSSR count). The number of likely N-dealkylation sites (tertiary alicyclic amines) is 1. The molecule has 1 saturated heterocycles. The van der Waals surface area contributed by atoms with E-state index in [0.717, 1.165) is 4.90 Å². The van der Waals surface area contributed by atoms with Crippen molar-refractivity contribution in [3.8, 4) is 11.4 Å². The van der Waals surface area contributed by atoms with Crippen molar-refractivity contribution in [2.45, 2.75) is 19.0 Å². The number of carbonyl (C=O) groups excluding carboxylic acids is 1. The van der Waals surface area contributed by atoms with Crippen LogP contribution in [0.4, 0.5) is 13.2 Å². The molecule has 0 aromatic carbocycles. The largest absolute Gasteiger partial charge is 0.481 e. The quantitative estimate of drug-likeness (QED) is 0.837. The molecule has 27 heavy (non-hydrogen) atoms. The number of hydrogen-bond acceptors (Lipinski definition) is 6. The molecule has 1 aliphatic rings. The monoisotopic (exact) mass is 384 g/mol. The van der Waals surface area contributed by atoms with Gasteiger partial charge in [-0.05, 0) is 12.1 Å². The molecule has 2 aromatic rings. The van der Waals surface area contributed by atoms with Gasteiger partial charge in [-0.25, -0.2) is 0 Å². The first-order valence-electron chi connectivity index (χ1n) is 8.06. The van der Waals surface area contributed by atoms with Crippen molar-refractivity contribution in [2.75, 3.05) is 13.1 Å². The Hall–Kier alpha value is -2.98. The Morgan fingerprint density at radius 3 is 2.56 bits per heavy atom. The number of carbonyl (C=O) groups is 2. The number of rotatable bonds is 5. The van der Waals surface area contributed by atoms with Crippen molar-refractivity contribution in [1.29, 1.82) is 0 Å². The topological polar surface area (TPSA) is 109 Å². The Morgan fingerprint density at radius 2 is 1.96 bits per heavy atom. The van der Waals surface area contributed by atoms with Gasteiger partial charge in [-0.2, -0.15) is 18.2 Å². The zero-order chi connectivity index (χ0) is 19.6. The summed E-state index contributed by atoms with van der Waals surface area (Å²) in [7, 11) is 0. The van der Waals surface area contributed by atoms with E-state index in [4.69, 9.17) is 9.63 Å². The molecule has 0 spiro atoms. The van der Waals surface area contributed by atoms with Gasteiger partial charge >= 0.3 is 12.1 Å². The fourth-order valence-corrected chi connectivity index (χ4v) is 2.94. The number of halogens is 3. The Labute approximate surface area is 151 Å². The first kappa shape index (κ1) is 18.8. The van der Waals surface area contributed by atoms with E-state index in [9.17, 15) is 22.8 Å². The number of carboxylic acid groups (broad SMARTS) is 1. The lowest BCUT2D eigenvalue weighted by Crippen LogP contribution is -2.34. The molecular formula is C16H15F3N4O4. The number of alkyl halides is 3. The van der Waals surface area contributed by atoms with Crippen LogP contribution in [-0.4, -0.2) is 56.3 Å². The van der Waals surface area contributed by atoms with E-state index in [-0.39, 0.29) is 18.7 Å². The van der Waals surface area contributed by atoms with Crippen LogP contribution in [0.15, 0.2) is 29.0 Å². The summed E-state index contributed by atoms with van der Waals surface area (Å²) in [5, 5.41) is 12.8. The summed E-state index contributed by atoms with van der Waals surface area (Å²) >= 11 is 0. The summed E-state index contributed by atoms with van der Waals surface area (Å²) in [6.45, 7) is -1.13. The van der Waals surface area contributed by atoms with Crippen LogP contribution in [0.5, 0.6) is 0 Å². The first-order chi connectivity index (χ1) is 12.8.